The Morgan fingerprint density at radius 3 is 2.24 bits per heavy atom. The third-order valence-electron chi connectivity index (χ3n) is 4.98. The SMILES string of the molecule is OC(C1CC1)C(O)C1CCOC2(CCCC2)C1. The van der Waals surface area contributed by atoms with E-state index in [1.165, 1.54) is 12.8 Å². The van der Waals surface area contributed by atoms with Crippen LogP contribution in [0.25, 0.3) is 0 Å². The summed E-state index contributed by atoms with van der Waals surface area (Å²) in [4.78, 5) is 0. The molecule has 3 heteroatoms. The Hall–Kier alpha value is -0.120. The van der Waals surface area contributed by atoms with E-state index in [4.69, 9.17) is 4.74 Å². The van der Waals surface area contributed by atoms with Crippen LogP contribution in [0, 0.1) is 11.8 Å². The molecular formula is C14H24O3. The van der Waals surface area contributed by atoms with Crippen LogP contribution in [-0.2, 0) is 4.74 Å². The lowest BCUT2D eigenvalue weighted by Gasteiger charge is -2.41. The largest absolute Gasteiger partial charge is 0.390 e. The van der Waals surface area contributed by atoms with Gasteiger partial charge in [0.2, 0.25) is 0 Å². The van der Waals surface area contributed by atoms with Gasteiger partial charge in [-0.25, -0.2) is 0 Å². The van der Waals surface area contributed by atoms with E-state index in [-0.39, 0.29) is 11.5 Å². The zero-order valence-corrected chi connectivity index (χ0v) is 10.5. The van der Waals surface area contributed by atoms with Gasteiger partial charge in [0.25, 0.3) is 0 Å². The first-order valence-corrected chi connectivity index (χ1v) is 7.20. The first kappa shape index (κ1) is 11.9. The van der Waals surface area contributed by atoms with Gasteiger partial charge >= 0.3 is 0 Å². The fourth-order valence-electron chi connectivity index (χ4n) is 3.72. The second-order valence-corrected chi connectivity index (χ2v) is 6.31. The van der Waals surface area contributed by atoms with Crippen LogP contribution in [0.15, 0.2) is 0 Å². The van der Waals surface area contributed by atoms with Crippen molar-refractivity contribution in [2.75, 3.05) is 6.61 Å². The van der Waals surface area contributed by atoms with E-state index in [9.17, 15) is 10.2 Å². The maximum Gasteiger partial charge on any atom is 0.0831 e. The highest BCUT2D eigenvalue weighted by Gasteiger charge is 2.45. The number of hydrogen-bond acceptors (Lipinski definition) is 3. The van der Waals surface area contributed by atoms with Crippen molar-refractivity contribution < 1.29 is 14.9 Å². The van der Waals surface area contributed by atoms with Crippen LogP contribution in [0.4, 0.5) is 0 Å². The molecule has 17 heavy (non-hydrogen) atoms. The number of ether oxygens (including phenoxy) is 1. The zero-order valence-electron chi connectivity index (χ0n) is 10.5. The van der Waals surface area contributed by atoms with Crippen LogP contribution in [-0.4, -0.2) is 34.6 Å². The molecular weight excluding hydrogens is 216 g/mol. The number of rotatable bonds is 3. The minimum Gasteiger partial charge on any atom is -0.390 e. The Balaban J connectivity index is 1.62. The van der Waals surface area contributed by atoms with Gasteiger partial charge in [-0.15, -0.1) is 0 Å². The van der Waals surface area contributed by atoms with Crippen LogP contribution < -0.4 is 0 Å². The Kier molecular flexibility index (Phi) is 3.18. The Bertz CT molecular complexity index is 269. The second-order valence-electron chi connectivity index (χ2n) is 6.31. The van der Waals surface area contributed by atoms with Gasteiger partial charge in [-0.3, -0.25) is 0 Å². The van der Waals surface area contributed by atoms with E-state index in [0.29, 0.717) is 5.92 Å². The molecule has 0 radical (unpaired) electrons. The molecule has 2 N–H and O–H groups in total. The fraction of sp³-hybridized carbons (Fsp3) is 1.00. The molecule has 1 spiro atoms. The minimum absolute atomic E-state index is 0.0488. The predicted octanol–water partition coefficient (Wildman–Crippen LogP) is 1.86. The number of aliphatic hydroxyl groups excluding tert-OH is 2. The van der Waals surface area contributed by atoms with E-state index in [1.807, 2.05) is 0 Å². The molecule has 98 valence electrons. The van der Waals surface area contributed by atoms with Crippen molar-refractivity contribution in [1.82, 2.24) is 0 Å². The lowest BCUT2D eigenvalue weighted by Crippen LogP contribution is -2.45. The van der Waals surface area contributed by atoms with Crippen molar-refractivity contribution in [2.24, 2.45) is 11.8 Å². The van der Waals surface area contributed by atoms with Gasteiger partial charge in [0, 0.05) is 6.61 Å². The molecule has 0 aromatic heterocycles. The van der Waals surface area contributed by atoms with Gasteiger partial charge < -0.3 is 14.9 Å². The van der Waals surface area contributed by atoms with E-state index >= 15 is 0 Å². The van der Waals surface area contributed by atoms with Crippen molar-refractivity contribution in [3.8, 4) is 0 Å². The third-order valence-corrected chi connectivity index (χ3v) is 4.98. The van der Waals surface area contributed by atoms with Gasteiger partial charge in [0.1, 0.15) is 0 Å². The highest BCUT2D eigenvalue weighted by Crippen LogP contribution is 2.44. The quantitative estimate of drug-likeness (QED) is 0.791. The van der Waals surface area contributed by atoms with Crippen molar-refractivity contribution in [1.29, 1.82) is 0 Å². The summed E-state index contributed by atoms with van der Waals surface area (Å²) in [5.41, 5.74) is 0.0488. The maximum atomic E-state index is 10.3. The van der Waals surface area contributed by atoms with Crippen LogP contribution in [0.5, 0.6) is 0 Å². The molecule has 1 saturated heterocycles. The molecule has 2 aliphatic carbocycles. The Morgan fingerprint density at radius 2 is 1.59 bits per heavy atom. The van der Waals surface area contributed by atoms with Gasteiger partial charge in [0.15, 0.2) is 0 Å². The minimum atomic E-state index is -0.524. The van der Waals surface area contributed by atoms with Crippen molar-refractivity contribution in [3.05, 3.63) is 0 Å². The molecule has 3 aliphatic rings. The summed E-state index contributed by atoms with van der Waals surface area (Å²) >= 11 is 0. The molecule has 1 aliphatic heterocycles. The summed E-state index contributed by atoms with van der Waals surface area (Å²) in [5.74, 6) is 0.616. The third kappa shape index (κ3) is 2.38. The van der Waals surface area contributed by atoms with Gasteiger partial charge in [-0.05, 0) is 50.4 Å². The molecule has 3 atom stereocenters. The summed E-state index contributed by atoms with van der Waals surface area (Å²) in [6.45, 7) is 0.763. The molecule has 0 aromatic rings. The summed E-state index contributed by atoms with van der Waals surface area (Å²) in [6.07, 6.45) is 7.84. The molecule has 0 amide bonds. The molecule has 3 rings (SSSR count). The lowest BCUT2D eigenvalue weighted by molar-refractivity contribution is -0.130. The van der Waals surface area contributed by atoms with E-state index in [0.717, 1.165) is 45.1 Å². The van der Waals surface area contributed by atoms with E-state index in [2.05, 4.69) is 0 Å². The normalized spacial score (nSPS) is 36.0. The standard InChI is InChI=1S/C14H24O3/c15-12(10-3-4-10)13(16)11-5-8-17-14(9-11)6-1-2-7-14/h10-13,15-16H,1-9H2. The van der Waals surface area contributed by atoms with Gasteiger partial charge in [0.05, 0.1) is 17.8 Å². The molecule has 0 bridgehead atoms. The van der Waals surface area contributed by atoms with Crippen LogP contribution >= 0.6 is 0 Å². The highest BCUT2D eigenvalue weighted by molar-refractivity contribution is 4.96. The van der Waals surface area contributed by atoms with Gasteiger partial charge in [-0.2, -0.15) is 0 Å². The summed E-state index contributed by atoms with van der Waals surface area (Å²) < 4.78 is 5.97. The van der Waals surface area contributed by atoms with Crippen LogP contribution in [0.3, 0.4) is 0 Å². The fourth-order valence-corrected chi connectivity index (χ4v) is 3.72. The van der Waals surface area contributed by atoms with Crippen molar-refractivity contribution in [2.45, 2.75) is 69.2 Å². The van der Waals surface area contributed by atoms with Crippen LogP contribution in [0.2, 0.25) is 0 Å². The van der Waals surface area contributed by atoms with Gasteiger partial charge in [-0.1, -0.05) is 12.8 Å². The van der Waals surface area contributed by atoms with Crippen molar-refractivity contribution in [3.63, 3.8) is 0 Å². The lowest BCUT2D eigenvalue weighted by atomic mass is 9.79. The zero-order chi connectivity index (χ0) is 11.9. The summed E-state index contributed by atoms with van der Waals surface area (Å²) in [6, 6.07) is 0. The molecule has 3 unspecified atom stereocenters. The molecule has 0 aromatic carbocycles. The monoisotopic (exact) mass is 240 g/mol. The van der Waals surface area contributed by atoms with E-state index in [1.54, 1.807) is 0 Å². The Morgan fingerprint density at radius 1 is 0.941 bits per heavy atom. The average molecular weight is 240 g/mol. The maximum absolute atomic E-state index is 10.3. The first-order valence-electron chi connectivity index (χ1n) is 7.20. The Labute approximate surface area is 103 Å². The van der Waals surface area contributed by atoms with E-state index < -0.39 is 12.2 Å². The highest BCUT2D eigenvalue weighted by atomic mass is 16.5. The second kappa shape index (κ2) is 4.52. The average Bonchev–Trinajstić information content (AvgIpc) is 3.11. The summed E-state index contributed by atoms with van der Waals surface area (Å²) in [5, 5.41) is 20.3. The van der Waals surface area contributed by atoms with Crippen molar-refractivity contribution >= 4 is 0 Å². The first-order chi connectivity index (χ1) is 8.20. The number of hydrogen-bond donors (Lipinski definition) is 2. The molecule has 2 saturated carbocycles. The van der Waals surface area contributed by atoms with Crippen LogP contribution in [0.1, 0.15) is 51.4 Å². The predicted molar refractivity (Wildman–Crippen MR) is 64.6 cm³/mol. The topological polar surface area (TPSA) is 49.7 Å². The molecule has 3 fully saturated rings. The molecule has 3 nitrogen and oxygen atoms in total. The smallest absolute Gasteiger partial charge is 0.0831 e. The summed E-state index contributed by atoms with van der Waals surface area (Å²) in [7, 11) is 0. The molecule has 1 heterocycles. The number of aliphatic hydroxyl groups is 2.